The maximum absolute atomic E-state index is 13.1. The number of aromatic nitrogens is 2. The van der Waals surface area contributed by atoms with E-state index in [4.69, 9.17) is 0 Å². The van der Waals surface area contributed by atoms with Gasteiger partial charge in [0.05, 0.1) is 5.69 Å². The van der Waals surface area contributed by atoms with Crippen LogP contribution in [0.3, 0.4) is 0 Å². The summed E-state index contributed by atoms with van der Waals surface area (Å²) >= 11 is 0. The molecule has 1 aromatic rings. The van der Waals surface area contributed by atoms with Crippen molar-refractivity contribution in [2.45, 2.75) is 32.2 Å². The average Bonchev–Trinajstić information content (AvgIpc) is 2.87. The lowest BCUT2D eigenvalue weighted by atomic mass is 9.48. The molecule has 1 saturated carbocycles. The zero-order valence-electron chi connectivity index (χ0n) is 15.0. The summed E-state index contributed by atoms with van der Waals surface area (Å²) in [7, 11) is 2.35. The Morgan fingerprint density at radius 3 is 2.52 bits per heavy atom. The maximum Gasteiger partial charge on any atom is 0.260 e. The summed E-state index contributed by atoms with van der Waals surface area (Å²) in [5.41, 5.74) is 1.03. The number of fused-ring (bicyclic) bond motifs is 1. The molecule has 130 valence electrons. The Bertz CT molecular complexity index is 718. The molecule has 1 aliphatic carbocycles. The normalized spacial score (nSPS) is 30.5. The Hall–Kier alpha value is -0.920. The minimum atomic E-state index is -3.48. The maximum atomic E-state index is 13.1. The van der Waals surface area contributed by atoms with E-state index < -0.39 is 10.0 Å². The van der Waals surface area contributed by atoms with Crippen molar-refractivity contribution in [3.8, 4) is 0 Å². The highest BCUT2D eigenvalue weighted by molar-refractivity contribution is 7.89. The van der Waals surface area contributed by atoms with E-state index in [1.807, 2.05) is 6.92 Å². The third-order valence-electron chi connectivity index (χ3n) is 5.56. The van der Waals surface area contributed by atoms with E-state index in [2.05, 4.69) is 37.9 Å². The van der Waals surface area contributed by atoms with Gasteiger partial charge in [-0.3, -0.25) is 4.68 Å². The molecule has 0 N–H and O–H groups in total. The number of aryl methyl sites for hydroxylation is 2. The summed E-state index contributed by atoms with van der Waals surface area (Å²) in [5, 5.41) is 4.50. The van der Waals surface area contributed by atoms with Crippen molar-refractivity contribution < 1.29 is 8.42 Å². The highest BCUT2D eigenvalue weighted by Crippen LogP contribution is 2.63. The van der Waals surface area contributed by atoms with Crippen molar-refractivity contribution in [3.63, 3.8) is 0 Å². The molecule has 0 radical (unpaired) electrons. The van der Waals surface area contributed by atoms with E-state index in [-0.39, 0.29) is 10.8 Å². The van der Waals surface area contributed by atoms with Crippen LogP contribution in [0.4, 0.5) is 0 Å². The molecule has 2 aliphatic rings. The van der Waals surface area contributed by atoms with Crippen molar-refractivity contribution in [1.29, 1.82) is 0 Å². The van der Waals surface area contributed by atoms with Gasteiger partial charge in [0.25, 0.3) is 10.0 Å². The van der Waals surface area contributed by atoms with Gasteiger partial charge >= 0.3 is 0 Å². The summed E-state index contributed by atoms with van der Waals surface area (Å²) in [4.78, 5) is 2.19. The number of nitrogens with zero attached hydrogens (tertiary/aromatic N) is 4. The second kappa shape index (κ2) is 5.04. The Balaban J connectivity index is 1.92. The first-order valence-corrected chi connectivity index (χ1v) is 9.57. The van der Waals surface area contributed by atoms with E-state index in [0.717, 1.165) is 18.7 Å². The zero-order chi connectivity index (χ0) is 17.2. The van der Waals surface area contributed by atoms with Gasteiger partial charge in [-0.15, -0.1) is 0 Å². The number of hydrogen-bond acceptors (Lipinski definition) is 4. The highest BCUT2D eigenvalue weighted by Gasteiger charge is 2.64. The van der Waals surface area contributed by atoms with Crippen LogP contribution in [0.1, 0.15) is 26.0 Å². The molecule has 1 aromatic heterocycles. The first-order valence-electron chi connectivity index (χ1n) is 8.13. The lowest BCUT2D eigenvalue weighted by Crippen LogP contribution is -2.57. The van der Waals surface area contributed by atoms with Gasteiger partial charge in [-0.05, 0) is 44.8 Å². The van der Waals surface area contributed by atoms with Gasteiger partial charge in [-0.2, -0.15) is 9.40 Å². The van der Waals surface area contributed by atoms with Crippen molar-refractivity contribution in [1.82, 2.24) is 19.0 Å². The average molecular weight is 340 g/mol. The molecule has 1 aliphatic heterocycles. The second-order valence-corrected chi connectivity index (χ2v) is 10.2. The van der Waals surface area contributed by atoms with Crippen LogP contribution >= 0.6 is 0 Å². The second-order valence-electron chi connectivity index (χ2n) is 8.36. The zero-order valence-corrected chi connectivity index (χ0v) is 15.8. The van der Waals surface area contributed by atoms with Gasteiger partial charge in [-0.25, -0.2) is 8.42 Å². The predicted molar refractivity (Wildman–Crippen MR) is 89.6 cm³/mol. The van der Waals surface area contributed by atoms with Crippen molar-refractivity contribution in [2.24, 2.45) is 23.8 Å². The molecule has 6 nitrogen and oxygen atoms in total. The third-order valence-corrected chi connectivity index (χ3v) is 7.43. The highest BCUT2D eigenvalue weighted by atomic mass is 32.2. The molecule has 2 atom stereocenters. The van der Waals surface area contributed by atoms with Gasteiger partial charge in [0.1, 0.15) is 0 Å². The van der Waals surface area contributed by atoms with Crippen LogP contribution in [0.5, 0.6) is 0 Å². The van der Waals surface area contributed by atoms with E-state index in [0.29, 0.717) is 24.0 Å². The topological polar surface area (TPSA) is 58.4 Å². The molecule has 2 fully saturated rings. The fraction of sp³-hybridized carbons (Fsp3) is 0.812. The molecule has 0 unspecified atom stereocenters. The Morgan fingerprint density at radius 1 is 1.39 bits per heavy atom. The molecule has 0 aromatic carbocycles. The van der Waals surface area contributed by atoms with Crippen LogP contribution in [0, 0.1) is 23.7 Å². The molecule has 3 rings (SSSR count). The van der Waals surface area contributed by atoms with Gasteiger partial charge in [0.2, 0.25) is 0 Å². The lowest BCUT2D eigenvalue weighted by Gasteiger charge is -2.57. The van der Waals surface area contributed by atoms with Gasteiger partial charge in [0, 0.05) is 32.1 Å². The number of sulfonamides is 1. The van der Waals surface area contributed by atoms with Crippen molar-refractivity contribution in [3.05, 3.63) is 11.8 Å². The van der Waals surface area contributed by atoms with Crippen molar-refractivity contribution in [2.75, 3.05) is 33.7 Å². The lowest BCUT2D eigenvalue weighted by molar-refractivity contribution is -0.0789. The third kappa shape index (κ3) is 2.53. The van der Waals surface area contributed by atoms with Crippen LogP contribution in [0.2, 0.25) is 0 Å². The van der Waals surface area contributed by atoms with E-state index in [1.165, 1.54) is 4.68 Å². The molecule has 0 bridgehead atoms. The quantitative estimate of drug-likeness (QED) is 0.830. The van der Waals surface area contributed by atoms with Gasteiger partial charge in [0.15, 0.2) is 5.03 Å². The van der Waals surface area contributed by atoms with E-state index in [9.17, 15) is 8.42 Å². The molecule has 0 spiro atoms. The summed E-state index contributed by atoms with van der Waals surface area (Å²) in [5.74, 6) is 0.418. The largest absolute Gasteiger partial charge is 0.309 e. The van der Waals surface area contributed by atoms with E-state index >= 15 is 0 Å². The van der Waals surface area contributed by atoms with Gasteiger partial charge < -0.3 is 4.90 Å². The summed E-state index contributed by atoms with van der Waals surface area (Å²) < 4.78 is 29.3. The SMILES string of the molecule is Cc1cc(S(=O)(=O)N2C[C@@H]3C(C)(C)C[C@]3(CN(C)C)C2)n(C)n1. The molecule has 2 heterocycles. The summed E-state index contributed by atoms with van der Waals surface area (Å²) in [6.07, 6.45) is 1.08. The molecule has 1 saturated heterocycles. The molecular formula is C16H28N4O2S. The van der Waals surface area contributed by atoms with Crippen molar-refractivity contribution >= 4 is 10.0 Å². The van der Waals surface area contributed by atoms with E-state index in [1.54, 1.807) is 17.4 Å². The first-order chi connectivity index (χ1) is 10.5. The van der Waals surface area contributed by atoms with Gasteiger partial charge in [-0.1, -0.05) is 13.8 Å². The number of rotatable bonds is 4. The molecule has 7 heteroatoms. The minimum Gasteiger partial charge on any atom is -0.309 e. The standard InChI is InChI=1S/C16H28N4O2S/c1-12-7-14(19(6)17-12)23(21,22)20-8-13-15(2,3)9-16(13,11-20)10-18(4)5/h7,13H,8-11H2,1-6H3/t13-,16+/m1/s1. The molecular weight excluding hydrogens is 312 g/mol. The number of hydrogen-bond donors (Lipinski definition) is 0. The summed E-state index contributed by atoms with van der Waals surface area (Å²) in [6.45, 7) is 8.52. The Kier molecular flexibility index (Phi) is 3.71. The fourth-order valence-corrected chi connectivity index (χ4v) is 6.80. The van der Waals surface area contributed by atoms with Crippen LogP contribution in [0.15, 0.2) is 11.1 Å². The van der Waals surface area contributed by atoms with Crippen LogP contribution in [-0.4, -0.2) is 61.1 Å². The molecule has 0 amide bonds. The predicted octanol–water partition coefficient (Wildman–Crippen LogP) is 1.33. The minimum absolute atomic E-state index is 0.0910. The monoisotopic (exact) mass is 340 g/mol. The van der Waals surface area contributed by atoms with Crippen LogP contribution < -0.4 is 0 Å². The Morgan fingerprint density at radius 2 is 2.04 bits per heavy atom. The first kappa shape index (κ1) is 16.9. The molecule has 23 heavy (non-hydrogen) atoms. The fourth-order valence-electron chi connectivity index (χ4n) is 5.07. The smallest absolute Gasteiger partial charge is 0.260 e. The summed E-state index contributed by atoms with van der Waals surface area (Å²) in [6, 6.07) is 1.67. The van der Waals surface area contributed by atoms with Crippen LogP contribution in [0.25, 0.3) is 0 Å². The van der Waals surface area contributed by atoms with Crippen LogP contribution in [-0.2, 0) is 17.1 Å². The Labute approximate surface area is 139 Å².